The van der Waals surface area contributed by atoms with Crippen molar-refractivity contribution in [3.8, 4) is 0 Å². The summed E-state index contributed by atoms with van der Waals surface area (Å²) in [5.74, 6) is -0.921. The summed E-state index contributed by atoms with van der Waals surface area (Å²) >= 11 is 0. The molecule has 5 rings (SSSR count). The summed E-state index contributed by atoms with van der Waals surface area (Å²) in [6.45, 7) is 1.58. The Balaban J connectivity index is 1.29. The smallest absolute Gasteiger partial charge is 0.312 e. The Morgan fingerprint density at radius 2 is 1.86 bits per heavy atom. The second kappa shape index (κ2) is 6.80. The summed E-state index contributed by atoms with van der Waals surface area (Å²) < 4.78 is 1.39. The zero-order chi connectivity index (χ0) is 20.0. The van der Waals surface area contributed by atoms with Crippen LogP contribution in [0.2, 0.25) is 0 Å². The summed E-state index contributed by atoms with van der Waals surface area (Å²) in [5, 5.41) is 25.2. The molecule has 1 fully saturated rings. The molecule has 0 aliphatic carbocycles. The second-order valence-electron chi connectivity index (χ2n) is 7.38. The summed E-state index contributed by atoms with van der Waals surface area (Å²) in [6.07, 6.45) is 1.37. The molecular formula is C19H19N7O3. The van der Waals surface area contributed by atoms with Crippen LogP contribution in [0.15, 0.2) is 36.4 Å². The van der Waals surface area contributed by atoms with E-state index in [4.69, 9.17) is 0 Å². The van der Waals surface area contributed by atoms with Crippen LogP contribution in [0.3, 0.4) is 0 Å². The molecule has 10 heteroatoms. The predicted molar refractivity (Wildman–Crippen MR) is 103 cm³/mol. The summed E-state index contributed by atoms with van der Waals surface area (Å²) in [5.41, 5.74) is 2.02. The van der Waals surface area contributed by atoms with E-state index in [0.29, 0.717) is 37.1 Å². The van der Waals surface area contributed by atoms with Crippen molar-refractivity contribution in [3.63, 3.8) is 0 Å². The van der Waals surface area contributed by atoms with Gasteiger partial charge in [-0.3, -0.25) is 9.59 Å². The Morgan fingerprint density at radius 1 is 1.07 bits per heavy atom. The SMILES string of the molecule is O=C(O)C1CN(C(=O)C2CCN(c3ccc4nnnn4n3)CC2)c2ccccc21. The number of hydrogen-bond acceptors (Lipinski definition) is 7. The number of rotatable bonds is 3. The van der Waals surface area contributed by atoms with Gasteiger partial charge in [0, 0.05) is 31.2 Å². The lowest BCUT2D eigenvalue weighted by Gasteiger charge is -2.33. The quantitative estimate of drug-likeness (QED) is 0.699. The average Bonchev–Trinajstić information content (AvgIpc) is 3.37. The number of carboxylic acid groups (broad SMARTS) is 1. The lowest BCUT2D eigenvalue weighted by atomic mass is 9.95. The zero-order valence-electron chi connectivity index (χ0n) is 15.5. The van der Waals surface area contributed by atoms with E-state index in [1.165, 1.54) is 4.63 Å². The van der Waals surface area contributed by atoms with Crippen molar-refractivity contribution in [3.05, 3.63) is 42.0 Å². The lowest BCUT2D eigenvalue weighted by Crippen LogP contribution is -2.43. The van der Waals surface area contributed by atoms with Gasteiger partial charge in [0.2, 0.25) is 5.91 Å². The maximum Gasteiger partial charge on any atom is 0.312 e. The number of piperidine rings is 1. The van der Waals surface area contributed by atoms with Crippen LogP contribution in [-0.4, -0.2) is 61.9 Å². The zero-order valence-corrected chi connectivity index (χ0v) is 15.5. The summed E-state index contributed by atoms with van der Waals surface area (Å²) in [4.78, 5) is 28.6. The number of hydrogen-bond donors (Lipinski definition) is 1. The molecule has 148 valence electrons. The number of benzene rings is 1. The third-order valence-electron chi connectivity index (χ3n) is 5.76. The number of anilines is 2. The number of amides is 1. The van der Waals surface area contributed by atoms with E-state index in [0.717, 1.165) is 11.5 Å². The fourth-order valence-corrected chi connectivity index (χ4v) is 4.21. The molecule has 2 aliphatic rings. The highest BCUT2D eigenvalue weighted by Crippen LogP contribution is 2.38. The minimum absolute atomic E-state index is 0.00439. The van der Waals surface area contributed by atoms with Gasteiger partial charge in [0.1, 0.15) is 5.92 Å². The Hall–Kier alpha value is -3.56. The lowest BCUT2D eigenvalue weighted by molar-refractivity contribution is -0.138. The largest absolute Gasteiger partial charge is 0.481 e. The van der Waals surface area contributed by atoms with Crippen molar-refractivity contribution in [1.82, 2.24) is 25.3 Å². The Bertz CT molecular complexity index is 1090. The third kappa shape index (κ3) is 2.96. The van der Waals surface area contributed by atoms with Crippen LogP contribution >= 0.6 is 0 Å². The molecule has 2 aliphatic heterocycles. The standard InChI is InChI=1S/C19H19N7O3/c27-18(25-11-14(19(28)29)13-3-1-2-4-15(13)25)12-7-9-24(10-8-12)17-6-5-16-20-22-23-26(16)21-17/h1-6,12,14H,7-11H2,(H,28,29). The fraction of sp³-hybridized carbons (Fsp3) is 0.368. The van der Waals surface area contributed by atoms with Crippen LogP contribution in [0.1, 0.15) is 24.3 Å². The fourth-order valence-electron chi connectivity index (χ4n) is 4.21. The highest BCUT2D eigenvalue weighted by atomic mass is 16.4. The first-order valence-electron chi connectivity index (χ1n) is 9.55. The molecule has 29 heavy (non-hydrogen) atoms. The van der Waals surface area contributed by atoms with E-state index in [-0.39, 0.29) is 18.4 Å². The van der Waals surface area contributed by atoms with Gasteiger partial charge in [0.15, 0.2) is 11.5 Å². The second-order valence-corrected chi connectivity index (χ2v) is 7.38. The third-order valence-corrected chi connectivity index (χ3v) is 5.76. The van der Waals surface area contributed by atoms with E-state index >= 15 is 0 Å². The minimum Gasteiger partial charge on any atom is -0.481 e. The first-order chi connectivity index (χ1) is 14.1. The topological polar surface area (TPSA) is 117 Å². The molecule has 0 bridgehead atoms. The number of carbonyl (C=O) groups is 2. The van der Waals surface area contributed by atoms with Gasteiger partial charge in [-0.1, -0.05) is 18.2 Å². The molecule has 4 heterocycles. The van der Waals surface area contributed by atoms with Crippen molar-refractivity contribution >= 4 is 29.0 Å². The van der Waals surface area contributed by atoms with Crippen LogP contribution in [0, 0.1) is 5.92 Å². The van der Waals surface area contributed by atoms with E-state index in [2.05, 4.69) is 25.5 Å². The number of para-hydroxylation sites is 1. The number of carbonyl (C=O) groups excluding carboxylic acids is 1. The molecule has 1 unspecified atom stereocenters. The van der Waals surface area contributed by atoms with E-state index in [1.54, 1.807) is 11.0 Å². The van der Waals surface area contributed by atoms with Gasteiger partial charge >= 0.3 is 5.97 Å². The van der Waals surface area contributed by atoms with Crippen molar-refractivity contribution in [1.29, 1.82) is 0 Å². The monoisotopic (exact) mass is 393 g/mol. The van der Waals surface area contributed by atoms with Gasteiger partial charge in [0.25, 0.3) is 0 Å². The number of fused-ring (bicyclic) bond motifs is 2. The van der Waals surface area contributed by atoms with Crippen LogP contribution in [0.25, 0.3) is 5.65 Å². The first-order valence-corrected chi connectivity index (χ1v) is 9.55. The van der Waals surface area contributed by atoms with Crippen LogP contribution < -0.4 is 9.80 Å². The Morgan fingerprint density at radius 3 is 2.66 bits per heavy atom. The molecular weight excluding hydrogens is 374 g/mol. The molecule has 10 nitrogen and oxygen atoms in total. The molecule has 0 saturated carbocycles. The molecule has 1 saturated heterocycles. The van der Waals surface area contributed by atoms with Gasteiger partial charge in [-0.2, -0.15) is 0 Å². The number of nitrogens with zero attached hydrogens (tertiary/aromatic N) is 7. The molecule has 3 aromatic rings. The molecule has 1 N–H and O–H groups in total. The predicted octanol–water partition coefficient (Wildman–Crippen LogP) is 0.951. The number of aliphatic carboxylic acids is 1. The molecule has 1 amide bonds. The average molecular weight is 393 g/mol. The van der Waals surface area contributed by atoms with E-state index < -0.39 is 11.9 Å². The number of tetrazole rings is 1. The normalized spacial score (nSPS) is 19.5. The number of aromatic nitrogens is 5. The maximum absolute atomic E-state index is 13.2. The van der Waals surface area contributed by atoms with Crippen molar-refractivity contribution in [2.75, 3.05) is 29.4 Å². The van der Waals surface area contributed by atoms with E-state index in [1.807, 2.05) is 30.3 Å². The molecule has 0 spiro atoms. The van der Waals surface area contributed by atoms with Gasteiger partial charge in [0.05, 0.1) is 0 Å². The van der Waals surface area contributed by atoms with E-state index in [9.17, 15) is 14.7 Å². The molecule has 1 aromatic carbocycles. The van der Waals surface area contributed by atoms with Crippen molar-refractivity contribution in [2.24, 2.45) is 5.92 Å². The van der Waals surface area contributed by atoms with Crippen molar-refractivity contribution in [2.45, 2.75) is 18.8 Å². The summed E-state index contributed by atoms with van der Waals surface area (Å²) in [7, 11) is 0. The van der Waals surface area contributed by atoms with Gasteiger partial charge in [-0.05, 0) is 47.0 Å². The highest BCUT2D eigenvalue weighted by molar-refractivity contribution is 6.00. The van der Waals surface area contributed by atoms with Gasteiger partial charge in [-0.25, -0.2) is 0 Å². The molecule has 0 radical (unpaired) electrons. The molecule has 2 aromatic heterocycles. The minimum atomic E-state index is -0.897. The van der Waals surface area contributed by atoms with Crippen LogP contribution in [-0.2, 0) is 9.59 Å². The summed E-state index contributed by atoms with van der Waals surface area (Å²) in [6, 6.07) is 11.0. The Kier molecular flexibility index (Phi) is 4.11. The maximum atomic E-state index is 13.2. The van der Waals surface area contributed by atoms with Gasteiger partial charge in [-0.15, -0.1) is 14.8 Å². The number of carboxylic acids is 1. The molecule has 1 atom stereocenters. The van der Waals surface area contributed by atoms with Crippen molar-refractivity contribution < 1.29 is 14.7 Å². The van der Waals surface area contributed by atoms with Crippen LogP contribution in [0.5, 0.6) is 0 Å². The highest BCUT2D eigenvalue weighted by Gasteiger charge is 2.39. The first kappa shape index (κ1) is 17.5. The van der Waals surface area contributed by atoms with Gasteiger partial charge < -0.3 is 14.9 Å². The Labute approximate surface area is 165 Å². The van der Waals surface area contributed by atoms with Crippen LogP contribution in [0.4, 0.5) is 11.5 Å².